The second-order valence-electron chi connectivity index (χ2n) is 4.51. The van der Waals surface area contributed by atoms with Gasteiger partial charge in [0.05, 0.1) is 0 Å². The van der Waals surface area contributed by atoms with Crippen LogP contribution >= 0.6 is 11.6 Å². The molecule has 1 aliphatic rings. The van der Waals surface area contributed by atoms with Gasteiger partial charge < -0.3 is 4.74 Å². The van der Waals surface area contributed by atoms with Crippen molar-refractivity contribution in [1.82, 2.24) is 0 Å². The number of ketones is 1. The van der Waals surface area contributed by atoms with Crippen LogP contribution < -0.4 is 0 Å². The third-order valence-corrected chi connectivity index (χ3v) is 3.69. The third-order valence-electron chi connectivity index (χ3n) is 3.36. The smallest absolute Gasteiger partial charge is 0.192 e. The number of fused-ring (bicyclic) bond motifs is 1. The topological polar surface area (TPSA) is 26.3 Å². The van der Waals surface area contributed by atoms with Crippen molar-refractivity contribution in [2.45, 2.75) is 18.9 Å². The molecule has 1 unspecified atom stereocenters. The fourth-order valence-electron chi connectivity index (χ4n) is 2.44. The molecule has 3 rings (SSSR count). The molecule has 18 heavy (non-hydrogen) atoms. The molecule has 2 aromatic rings. The van der Waals surface area contributed by atoms with Crippen molar-refractivity contribution in [2.24, 2.45) is 0 Å². The summed E-state index contributed by atoms with van der Waals surface area (Å²) >= 11 is 6.15. The van der Waals surface area contributed by atoms with Gasteiger partial charge in [0.2, 0.25) is 0 Å². The number of hydrogen-bond acceptors (Lipinski definition) is 2. The number of rotatable bonds is 2. The highest BCUT2D eigenvalue weighted by Crippen LogP contribution is 2.28. The molecule has 2 aromatic carbocycles. The van der Waals surface area contributed by atoms with Gasteiger partial charge in [-0.1, -0.05) is 35.9 Å². The summed E-state index contributed by atoms with van der Waals surface area (Å²) in [4.78, 5) is 12.4. The van der Waals surface area contributed by atoms with Crippen molar-refractivity contribution >= 4 is 28.2 Å². The third kappa shape index (κ3) is 1.92. The zero-order valence-corrected chi connectivity index (χ0v) is 10.6. The maximum atomic E-state index is 12.4. The lowest BCUT2D eigenvalue weighted by Gasteiger charge is -2.11. The van der Waals surface area contributed by atoms with E-state index >= 15 is 0 Å². The van der Waals surface area contributed by atoms with E-state index in [1.807, 2.05) is 24.3 Å². The molecule has 1 heterocycles. The summed E-state index contributed by atoms with van der Waals surface area (Å²) in [5.41, 5.74) is 0.710. The van der Waals surface area contributed by atoms with Crippen molar-refractivity contribution < 1.29 is 9.53 Å². The summed E-state index contributed by atoms with van der Waals surface area (Å²) in [7, 11) is 0. The molecule has 0 saturated carbocycles. The molecule has 0 amide bonds. The minimum atomic E-state index is -0.283. The van der Waals surface area contributed by atoms with Crippen molar-refractivity contribution in [2.75, 3.05) is 6.61 Å². The summed E-state index contributed by atoms with van der Waals surface area (Å²) in [5.74, 6) is 0.0698. The largest absolute Gasteiger partial charge is 0.370 e. The first kappa shape index (κ1) is 11.7. The summed E-state index contributed by atoms with van der Waals surface area (Å²) in [6, 6.07) is 11.3. The molecule has 3 heteroatoms. The van der Waals surface area contributed by atoms with E-state index in [4.69, 9.17) is 16.3 Å². The average molecular weight is 261 g/mol. The van der Waals surface area contributed by atoms with Crippen LogP contribution in [0.1, 0.15) is 23.2 Å². The lowest BCUT2D eigenvalue weighted by molar-refractivity contribution is 0.0644. The Labute approximate surface area is 111 Å². The van der Waals surface area contributed by atoms with Gasteiger partial charge in [-0.2, -0.15) is 0 Å². The van der Waals surface area contributed by atoms with Crippen LogP contribution in [0.15, 0.2) is 36.4 Å². The van der Waals surface area contributed by atoms with Gasteiger partial charge in [0.1, 0.15) is 6.10 Å². The number of Topliss-reactive ketones (excluding diaryl/α,β-unsaturated/α-hetero) is 1. The Balaban J connectivity index is 2.11. The number of carbonyl (C=O) groups excluding carboxylic acids is 1. The Hall–Kier alpha value is -1.38. The summed E-state index contributed by atoms with van der Waals surface area (Å²) in [5, 5.41) is 2.50. The maximum Gasteiger partial charge on any atom is 0.192 e. The minimum absolute atomic E-state index is 0.0698. The average Bonchev–Trinajstić information content (AvgIpc) is 2.93. The second kappa shape index (κ2) is 4.71. The molecule has 0 spiro atoms. The number of carbonyl (C=O) groups is 1. The van der Waals surface area contributed by atoms with Crippen molar-refractivity contribution in [1.29, 1.82) is 0 Å². The van der Waals surface area contributed by atoms with Crippen LogP contribution in [0, 0.1) is 0 Å². The monoisotopic (exact) mass is 260 g/mol. The van der Waals surface area contributed by atoms with Crippen LogP contribution in [0.4, 0.5) is 0 Å². The molecular weight excluding hydrogens is 248 g/mol. The molecule has 0 aliphatic carbocycles. The predicted octanol–water partition coefficient (Wildman–Crippen LogP) is 3.85. The zero-order chi connectivity index (χ0) is 12.5. The Morgan fingerprint density at radius 1 is 1.17 bits per heavy atom. The zero-order valence-electron chi connectivity index (χ0n) is 9.86. The van der Waals surface area contributed by atoms with Crippen LogP contribution in [-0.2, 0) is 4.74 Å². The fourth-order valence-corrected chi connectivity index (χ4v) is 2.66. The Morgan fingerprint density at radius 2 is 1.94 bits per heavy atom. The number of benzene rings is 2. The lowest BCUT2D eigenvalue weighted by Crippen LogP contribution is -2.19. The fraction of sp³-hybridized carbons (Fsp3) is 0.267. The Bertz CT molecular complexity index is 600. The maximum absolute atomic E-state index is 12.4. The first-order valence-corrected chi connectivity index (χ1v) is 6.48. The number of ether oxygens (including phenoxy) is 1. The molecule has 1 atom stereocenters. The highest BCUT2D eigenvalue weighted by molar-refractivity contribution is 6.36. The normalized spacial score (nSPS) is 19.3. The van der Waals surface area contributed by atoms with Gasteiger partial charge in [-0.15, -0.1) is 0 Å². The van der Waals surface area contributed by atoms with Crippen LogP contribution in [0.5, 0.6) is 0 Å². The van der Waals surface area contributed by atoms with E-state index in [2.05, 4.69) is 0 Å². The van der Waals surface area contributed by atoms with Crippen LogP contribution in [0.3, 0.4) is 0 Å². The molecule has 0 aromatic heterocycles. The van der Waals surface area contributed by atoms with E-state index in [1.54, 1.807) is 12.1 Å². The van der Waals surface area contributed by atoms with Crippen LogP contribution in [-0.4, -0.2) is 18.5 Å². The van der Waals surface area contributed by atoms with E-state index in [9.17, 15) is 4.79 Å². The first-order chi connectivity index (χ1) is 8.77. The van der Waals surface area contributed by atoms with Gasteiger partial charge in [0.15, 0.2) is 5.78 Å². The van der Waals surface area contributed by atoms with E-state index in [1.165, 1.54) is 0 Å². The van der Waals surface area contributed by atoms with Gasteiger partial charge in [0.25, 0.3) is 0 Å². The van der Waals surface area contributed by atoms with Crippen LogP contribution in [0.2, 0.25) is 5.02 Å². The van der Waals surface area contributed by atoms with Gasteiger partial charge in [-0.25, -0.2) is 0 Å². The first-order valence-electron chi connectivity index (χ1n) is 6.10. The summed E-state index contributed by atoms with van der Waals surface area (Å²) in [6.07, 6.45) is 1.49. The molecule has 1 saturated heterocycles. The second-order valence-corrected chi connectivity index (χ2v) is 4.91. The van der Waals surface area contributed by atoms with Gasteiger partial charge in [-0.05, 0) is 30.4 Å². The van der Waals surface area contributed by atoms with Crippen LogP contribution in [0.25, 0.3) is 10.8 Å². The van der Waals surface area contributed by atoms with Crippen molar-refractivity contribution in [3.8, 4) is 0 Å². The van der Waals surface area contributed by atoms with Crippen molar-refractivity contribution in [3.05, 3.63) is 47.0 Å². The van der Waals surface area contributed by atoms with Gasteiger partial charge >= 0.3 is 0 Å². The summed E-state index contributed by atoms with van der Waals surface area (Å²) < 4.78 is 5.47. The highest BCUT2D eigenvalue weighted by atomic mass is 35.5. The van der Waals surface area contributed by atoms with Gasteiger partial charge in [-0.3, -0.25) is 4.79 Å². The molecule has 0 N–H and O–H groups in total. The van der Waals surface area contributed by atoms with E-state index in [0.29, 0.717) is 17.2 Å². The lowest BCUT2D eigenvalue weighted by atomic mass is 9.97. The molecule has 0 bridgehead atoms. The molecule has 2 nitrogen and oxygen atoms in total. The van der Waals surface area contributed by atoms with Gasteiger partial charge in [0, 0.05) is 22.6 Å². The number of halogens is 1. The minimum Gasteiger partial charge on any atom is -0.370 e. The quantitative estimate of drug-likeness (QED) is 0.767. The molecule has 0 radical (unpaired) electrons. The summed E-state index contributed by atoms with van der Waals surface area (Å²) in [6.45, 7) is 0.682. The molecular formula is C15H13ClO2. The Kier molecular flexibility index (Phi) is 3.06. The SMILES string of the molecule is O=C(c1ccc(Cl)c2ccccc12)C1CCCO1. The number of hydrogen-bond donors (Lipinski definition) is 0. The molecule has 92 valence electrons. The van der Waals surface area contributed by atoms with Crippen molar-refractivity contribution in [3.63, 3.8) is 0 Å². The molecule has 1 aliphatic heterocycles. The van der Waals surface area contributed by atoms with E-state index in [0.717, 1.165) is 23.6 Å². The highest BCUT2D eigenvalue weighted by Gasteiger charge is 2.26. The molecule has 1 fully saturated rings. The van der Waals surface area contributed by atoms with E-state index < -0.39 is 0 Å². The standard InChI is InChI=1S/C15H13ClO2/c16-13-8-7-12(10-4-1-2-5-11(10)13)15(17)14-6-3-9-18-14/h1-2,4-5,7-8,14H,3,6,9H2. The predicted molar refractivity (Wildman–Crippen MR) is 72.3 cm³/mol. The van der Waals surface area contributed by atoms with E-state index in [-0.39, 0.29) is 11.9 Å². The Morgan fingerprint density at radius 3 is 2.67 bits per heavy atom.